The standard InChI is InChI=1S/C59H88N14O12S2/c1-5-36(4)49-55(82)70-42(31-45(60)74)52(79)71-43(56(83)73-28-16-22-44(73)54(81)68-39(21-15-25-65-58(61)62)50(77)66-33-47(76)63-26-27-64-48(35(2)3)57(84)85)34-86-87-59(23-13-8-14-24-59)32-46(75)67-40(29-37-17-9-6-10-18-37)51(78)69-41(53(80)72-49)30-38-19-11-7-12-20-38/h6-7,9-12,17-20,35-36,39-44,48-49,64H,5,8,13-16,21-34H2,1-4H3,(H2,60,74)(H,63,76)(H,66,77)(H,67,75)(H,68,81)(H,69,78)(H,70,82)(H,71,79)(H,72,80)(H,84,85)(H4,61,62,65)/t36-,39-,40+,41-,42-,43-,44-,48+,49-/m0/s1. The van der Waals surface area contributed by atoms with Crippen LogP contribution in [0, 0.1) is 11.8 Å². The number of hydrogen-bond donors (Lipinski definition) is 13. The van der Waals surface area contributed by atoms with E-state index in [1.165, 1.54) is 26.5 Å². The summed E-state index contributed by atoms with van der Waals surface area (Å²) in [7, 11) is 2.59. The Hall–Kier alpha value is -7.46. The SMILES string of the molecule is CC[C@H](C)[C@@H]1NC(=O)[C@H](Cc2ccccc2)NC(=O)[C@@H](Cc2ccccc2)NC(=O)CC2(CCCCC2)SSC[C@@H](C(=O)N2CCC[C@H]2C(=O)N[C@@H](CCCN=C(N)N)C(=O)NCC(=O)NCCN[C@@H](C(=O)O)C(C)C)NC(=O)[C@H](CC(N)=O)NC1=O. The van der Waals surface area contributed by atoms with Crippen LogP contribution < -0.4 is 65.1 Å². The Balaban J connectivity index is 1.46. The average molecular weight is 1250 g/mol. The molecule has 2 heterocycles. The number of amides is 10. The molecule has 87 heavy (non-hydrogen) atoms. The van der Waals surface area contributed by atoms with E-state index in [0.29, 0.717) is 31.2 Å². The van der Waals surface area contributed by atoms with Crippen LogP contribution in [0.1, 0.15) is 116 Å². The third-order valence-electron chi connectivity index (χ3n) is 15.6. The lowest BCUT2D eigenvalue weighted by Crippen LogP contribution is -2.62. The molecular weight excluding hydrogens is 1160 g/mol. The van der Waals surface area contributed by atoms with E-state index in [0.717, 1.165) is 24.8 Å². The van der Waals surface area contributed by atoms with Crippen molar-refractivity contribution in [3.05, 3.63) is 71.8 Å². The summed E-state index contributed by atoms with van der Waals surface area (Å²) in [6, 6.07) is 7.92. The molecule has 0 bridgehead atoms. The summed E-state index contributed by atoms with van der Waals surface area (Å²) in [5.74, 6) is -9.54. The lowest BCUT2D eigenvalue weighted by Gasteiger charge is -2.37. The number of nitrogens with one attached hydrogen (secondary N) is 9. The molecule has 2 aliphatic heterocycles. The van der Waals surface area contributed by atoms with Crippen LogP contribution in [-0.4, -0.2) is 173 Å². The molecule has 1 spiro atoms. The first-order chi connectivity index (χ1) is 41.5. The van der Waals surface area contributed by atoms with Gasteiger partial charge in [-0.2, -0.15) is 0 Å². The minimum atomic E-state index is -1.67. The number of likely N-dealkylation sites (tertiary alicyclic amines) is 1. The van der Waals surface area contributed by atoms with Crippen molar-refractivity contribution >= 4 is 92.6 Å². The number of nitrogens with two attached hydrogens (primary N) is 3. The number of benzene rings is 2. The molecule has 2 aromatic carbocycles. The second kappa shape index (κ2) is 35.4. The van der Waals surface area contributed by atoms with Crippen molar-refractivity contribution in [1.29, 1.82) is 0 Å². The maximum atomic E-state index is 15.1. The number of aliphatic carboxylic acids is 1. The summed E-state index contributed by atoms with van der Waals surface area (Å²) < 4.78 is -0.716. The highest BCUT2D eigenvalue weighted by Crippen LogP contribution is 2.48. The molecule has 2 aromatic rings. The van der Waals surface area contributed by atoms with Crippen molar-refractivity contribution < 1.29 is 57.8 Å². The van der Waals surface area contributed by atoms with Crippen LogP contribution in [0.4, 0.5) is 0 Å². The Labute approximate surface area is 515 Å². The monoisotopic (exact) mass is 1250 g/mol. The third kappa shape index (κ3) is 23.0. The van der Waals surface area contributed by atoms with E-state index in [9.17, 15) is 53.1 Å². The number of carboxylic acids is 1. The predicted octanol–water partition coefficient (Wildman–Crippen LogP) is -0.234. The zero-order chi connectivity index (χ0) is 63.6. The molecule has 5 rings (SSSR count). The summed E-state index contributed by atoms with van der Waals surface area (Å²) >= 11 is 0. The Bertz CT molecular complexity index is 2720. The second-order valence-electron chi connectivity index (χ2n) is 22.8. The molecule has 16 N–H and O–H groups in total. The minimum Gasteiger partial charge on any atom is -0.480 e. The van der Waals surface area contributed by atoms with Crippen LogP contribution in [-0.2, 0) is 65.6 Å². The van der Waals surface area contributed by atoms with E-state index < -0.39 is 137 Å². The number of carbonyl (C=O) groups excluding carboxylic acids is 10. The zero-order valence-corrected chi connectivity index (χ0v) is 51.7. The molecule has 1 saturated carbocycles. The molecule has 9 atom stereocenters. The first-order valence-electron chi connectivity index (χ1n) is 29.8. The topological polar surface area (TPSA) is 410 Å². The molecule has 26 nitrogen and oxygen atoms in total. The second-order valence-corrected chi connectivity index (χ2v) is 25.6. The van der Waals surface area contributed by atoms with E-state index in [1.54, 1.807) is 58.0 Å². The van der Waals surface area contributed by atoms with Crippen molar-refractivity contribution in [1.82, 2.24) is 52.8 Å². The highest BCUT2D eigenvalue weighted by molar-refractivity contribution is 8.77. The number of aliphatic imine (C=N–C) groups is 1. The van der Waals surface area contributed by atoms with Gasteiger partial charge in [-0.3, -0.25) is 57.7 Å². The summed E-state index contributed by atoms with van der Waals surface area (Å²) in [5, 5.41) is 34.2. The van der Waals surface area contributed by atoms with Crippen LogP contribution in [0.3, 0.4) is 0 Å². The fraction of sp³-hybridized carbons (Fsp3) is 0.593. The van der Waals surface area contributed by atoms with E-state index in [-0.39, 0.29) is 82.3 Å². The number of rotatable bonds is 24. The van der Waals surface area contributed by atoms with Gasteiger partial charge < -0.3 is 75.1 Å². The van der Waals surface area contributed by atoms with Crippen molar-refractivity contribution in [2.24, 2.45) is 34.0 Å². The number of carbonyl (C=O) groups is 11. The molecule has 1 aliphatic carbocycles. The number of carboxylic acid groups (broad SMARTS) is 1. The van der Waals surface area contributed by atoms with E-state index in [4.69, 9.17) is 17.2 Å². The quantitative estimate of drug-likeness (QED) is 0.0279. The maximum absolute atomic E-state index is 15.1. The molecule has 478 valence electrons. The number of primary amides is 1. The van der Waals surface area contributed by atoms with Gasteiger partial charge in [-0.1, -0.05) is 136 Å². The van der Waals surface area contributed by atoms with E-state index >= 15 is 4.79 Å². The molecule has 10 amide bonds. The number of hydrogen-bond acceptors (Lipinski definition) is 15. The van der Waals surface area contributed by atoms with Crippen molar-refractivity contribution in [2.75, 3.05) is 38.5 Å². The fourth-order valence-corrected chi connectivity index (χ4v) is 14.0. The van der Waals surface area contributed by atoms with Crippen LogP contribution in [0.2, 0.25) is 0 Å². The maximum Gasteiger partial charge on any atom is 0.320 e. The average Bonchev–Trinajstić information content (AvgIpc) is 2.81. The van der Waals surface area contributed by atoms with Gasteiger partial charge in [0.2, 0.25) is 59.1 Å². The van der Waals surface area contributed by atoms with Gasteiger partial charge in [-0.25, -0.2) is 0 Å². The molecule has 2 saturated heterocycles. The fourth-order valence-electron chi connectivity index (χ4n) is 10.7. The van der Waals surface area contributed by atoms with Gasteiger partial charge in [-0.15, -0.1) is 0 Å². The number of nitrogens with zero attached hydrogens (tertiary/aromatic N) is 2. The predicted molar refractivity (Wildman–Crippen MR) is 331 cm³/mol. The molecule has 3 aliphatic rings. The Morgan fingerprint density at radius 1 is 0.759 bits per heavy atom. The third-order valence-corrected chi connectivity index (χ3v) is 18.9. The van der Waals surface area contributed by atoms with Crippen molar-refractivity contribution in [3.63, 3.8) is 0 Å². The normalized spacial score (nSPS) is 22.6. The summed E-state index contributed by atoms with van der Waals surface area (Å²) in [5.41, 5.74) is 18.2. The smallest absolute Gasteiger partial charge is 0.320 e. The zero-order valence-electron chi connectivity index (χ0n) is 50.1. The number of guanidine groups is 1. The van der Waals surface area contributed by atoms with Gasteiger partial charge in [0.25, 0.3) is 0 Å². The van der Waals surface area contributed by atoms with Crippen molar-refractivity contribution in [3.8, 4) is 0 Å². The van der Waals surface area contributed by atoms with E-state index in [2.05, 4.69) is 52.8 Å². The molecule has 0 aromatic heterocycles. The molecular formula is C59H88N14O12S2. The van der Waals surface area contributed by atoms with Gasteiger partial charge in [-0.05, 0) is 61.5 Å². The molecule has 3 fully saturated rings. The lowest BCUT2D eigenvalue weighted by molar-refractivity contribution is -0.142. The van der Waals surface area contributed by atoms with Gasteiger partial charge in [0.05, 0.1) is 13.0 Å². The van der Waals surface area contributed by atoms with Crippen LogP contribution in [0.15, 0.2) is 65.7 Å². The Morgan fingerprint density at radius 3 is 1.97 bits per heavy atom. The van der Waals surface area contributed by atoms with Gasteiger partial charge in [0.1, 0.15) is 48.3 Å². The summed E-state index contributed by atoms with van der Waals surface area (Å²) in [6.45, 7) is 6.80. The summed E-state index contributed by atoms with van der Waals surface area (Å²) in [4.78, 5) is 159. The first-order valence-corrected chi connectivity index (χ1v) is 32.2. The lowest BCUT2D eigenvalue weighted by atomic mass is 9.85. The largest absolute Gasteiger partial charge is 0.480 e. The van der Waals surface area contributed by atoms with Crippen molar-refractivity contribution in [2.45, 2.75) is 171 Å². The van der Waals surface area contributed by atoms with Crippen LogP contribution in [0.5, 0.6) is 0 Å². The Kier molecular flexibility index (Phi) is 28.6. The van der Waals surface area contributed by atoms with Gasteiger partial charge >= 0.3 is 5.97 Å². The van der Waals surface area contributed by atoms with E-state index in [1.807, 2.05) is 30.3 Å². The summed E-state index contributed by atoms with van der Waals surface area (Å²) in [6.07, 6.45) is 3.99. The molecule has 0 radical (unpaired) electrons. The van der Waals surface area contributed by atoms with Gasteiger partial charge in [0.15, 0.2) is 5.96 Å². The van der Waals surface area contributed by atoms with Crippen LogP contribution >= 0.6 is 21.6 Å². The molecule has 0 unspecified atom stereocenters. The minimum absolute atomic E-state index is 0.00233. The molecule has 28 heteroatoms. The highest BCUT2D eigenvalue weighted by atomic mass is 33.1. The first kappa shape index (κ1) is 70.3. The highest BCUT2D eigenvalue weighted by Gasteiger charge is 2.43. The van der Waals surface area contributed by atoms with Crippen LogP contribution in [0.25, 0.3) is 0 Å². The Morgan fingerprint density at radius 2 is 1.37 bits per heavy atom. The van der Waals surface area contributed by atoms with Gasteiger partial charge in [0, 0.05) is 55.9 Å².